The molecule has 166 valence electrons. The van der Waals surface area contributed by atoms with E-state index in [0.717, 1.165) is 11.3 Å². The van der Waals surface area contributed by atoms with Crippen molar-refractivity contribution in [2.24, 2.45) is 0 Å². The molecule has 31 heavy (non-hydrogen) atoms. The fourth-order valence-electron chi connectivity index (χ4n) is 3.35. The molecule has 1 heterocycles. The number of anilines is 2. The molecule has 0 bridgehead atoms. The van der Waals surface area contributed by atoms with Crippen LogP contribution in [0.15, 0.2) is 42.5 Å². The van der Waals surface area contributed by atoms with Crippen molar-refractivity contribution in [3.63, 3.8) is 0 Å². The van der Waals surface area contributed by atoms with Gasteiger partial charge < -0.3 is 19.9 Å². The number of ether oxygens (including phenoxy) is 1. The third-order valence-corrected chi connectivity index (χ3v) is 5.06. The van der Waals surface area contributed by atoms with E-state index in [1.165, 1.54) is 6.07 Å². The lowest BCUT2D eigenvalue weighted by Gasteiger charge is -2.36. The first-order chi connectivity index (χ1) is 14.6. The zero-order valence-corrected chi connectivity index (χ0v) is 18.7. The monoisotopic (exact) mass is 446 g/mol. The Morgan fingerprint density at radius 3 is 2.48 bits per heavy atom. The number of halogens is 1. The molecule has 0 spiro atoms. The van der Waals surface area contributed by atoms with E-state index in [9.17, 15) is 14.9 Å². The number of hydrogen-bond acceptors (Lipinski definition) is 6. The van der Waals surface area contributed by atoms with Crippen LogP contribution in [0.25, 0.3) is 0 Å². The summed E-state index contributed by atoms with van der Waals surface area (Å²) in [5.41, 5.74) is 1.80. The molecule has 0 unspecified atom stereocenters. The van der Waals surface area contributed by atoms with Crippen molar-refractivity contribution in [2.75, 3.05) is 36.4 Å². The summed E-state index contributed by atoms with van der Waals surface area (Å²) in [5.74, 6) is 0. The molecule has 1 saturated heterocycles. The molecular weight excluding hydrogens is 420 g/mol. The van der Waals surface area contributed by atoms with E-state index in [1.807, 2.05) is 49.9 Å². The van der Waals surface area contributed by atoms with Gasteiger partial charge in [-0.3, -0.25) is 10.1 Å². The van der Waals surface area contributed by atoms with Gasteiger partial charge in [-0.2, -0.15) is 0 Å². The van der Waals surface area contributed by atoms with Crippen LogP contribution >= 0.6 is 11.6 Å². The van der Waals surface area contributed by atoms with Crippen LogP contribution in [0.1, 0.15) is 26.3 Å². The van der Waals surface area contributed by atoms with E-state index >= 15 is 0 Å². The number of carbonyl (C=O) groups excluding carboxylic acids is 1. The highest BCUT2D eigenvalue weighted by Gasteiger charge is 2.28. The number of benzene rings is 2. The summed E-state index contributed by atoms with van der Waals surface area (Å²) in [5, 5.41) is 15.5. The van der Waals surface area contributed by atoms with Crippen molar-refractivity contribution in [1.82, 2.24) is 4.90 Å². The van der Waals surface area contributed by atoms with Gasteiger partial charge >= 0.3 is 6.09 Å². The average molecular weight is 447 g/mol. The molecule has 0 atom stereocenters. The van der Waals surface area contributed by atoms with Crippen LogP contribution in [0.5, 0.6) is 0 Å². The first kappa shape index (κ1) is 22.7. The van der Waals surface area contributed by atoms with Gasteiger partial charge in [-0.05, 0) is 50.6 Å². The number of hydrogen-bond donors (Lipinski definition) is 1. The predicted molar refractivity (Wildman–Crippen MR) is 122 cm³/mol. The fraction of sp³-hybridized carbons (Fsp3) is 0.409. The molecule has 0 aromatic heterocycles. The summed E-state index contributed by atoms with van der Waals surface area (Å²) in [6.45, 7) is 7.86. The second kappa shape index (κ2) is 9.43. The van der Waals surface area contributed by atoms with Gasteiger partial charge in [-0.25, -0.2) is 4.79 Å². The van der Waals surface area contributed by atoms with E-state index in [2.05, 4.69) is 5.32 Å². The average Bonchev–Trinajstić information content (AvgIpc) is 2.71. The Morgan fingerprint density at radius 2 is 1.87 bits per heavy atom. The topological polar surface area (TPSA) is 88.0 Å². The molecule has 2 aromatic rings. The number of amides is 1. The first-order valence-corrected chi connectivity index (χ1v) is 10.5. The Morgan fingerprint density at radius 1 is 1.16 bits per heavy atom. The second-order valence-corrected chi connectivity index (χ2v) is 8.83. The van der Waals surface area contributed by atoms with Crippen molar-refractivity contribution in [1.29, 1.82) is 0 Å². The van der Waals surface area contributed by atoms with Crippen molar-refractivity contribution < 1.29 is 14.5 Å². The third-order valence-electron chi connectivity index (χ3n) is 4.83. The van der Waals surface area contributed by atoms with Gasteiger partial charge in [0.15, 0.2) is 0 Å². The molecule has 1 N–H and O–H groups in total. The lowest BCUT2D eigenvalue weighted by Crippen LogP contribution is -2.50. The van der Waals surface area contributed by atoms with Gasteiger partial charge in [-0.1, -0.05) is 23.7 Å². The molecular formula is C22H27ClN4O4. The normalized spacial score (nSPS) is 14.3. The van der Waals surface area contributed by atoms with Gasteiger partial charge in [0.05, 0.1) is 4.92 Å². The lowest BCUT2D eigenvalue weighted by molar-refractivity contribution is -0.384. The maximum absolute atomic E-state index is 12.3. The van der Waals surface area contributed by atoms with Crippen molar-refractivity contribution in [3.8, 4) is 0 Å². The molecule has 1 amide bonds. The number of nitro benzene ring substituents is 1. The second-order valence-electron chi connectivity index (χ2n) is 8.40. The third kappa shape index (κ3) is 6.24. The van der Waals surface area contributed by atoms with Gasteiger partial charge in [0.1, 0.15) is 11.3 Å². The molecule has 0 aliphatic carbocycles. The van der Waals surface area contributed by atoms with Crippen LogP contribution in [0, 0.1) is 10.1 Å². The zero-order valence-electron chi connectivity index (χ0n) is 17.9. The van der Waals surface area contributed by atoms with Crippen LogP contribution in [-0.2, 0) is 11.3 Å². The van der Waals surface area contributed by atoms with Crippen LogP contribution in [0.3, 0.4) is 0 Å². The number of rotatable bonds is 5. The lowest BCUT2D eigenvalue weighted by atomic mass is 10.1. The Kier molecular flexibility index (Phi) is 6.90. The Labute approximate surface area is 186 Å². The van der Waals surface area contributed by atoms with Gasteiger partial charge in [0, 0.05) is 49.5 Å². The Balaban J connectivity index is 1.70. The summed E-state index contributed by atoms with van der Waals surface area (Å²) < 4.78 is 5.42. The molecule has 3 rings (SSSR count). The quantitative estimate of drug-likeness (QED) is 0.518. The van der Waals surface area contributed by atoms with Crippen LogP contribution < -0.4 is 10.2 Å². The standard InChI is InChI=1S/C22H27ClN4O4/c1-22(2,3)31-21(28)26-11-9-25(10-12-26)20-14-18(7-8-19(20)27(29)30)24-15-16-5-4-6-17(23)13-16/h4-8,13-14,24H,9-12,15H2,1-3H3. The molecule has 9 heteroatoms. The maximum atomic E-state index is 12.3. The minimum absolute atomic E-state index is 0.0408. The molecule has 1 aliphatic rings. The summed E-state index contributed by atoms with van der Waals surface area (Å²) in [6, 6.07) is 12.5. The molecule has 8 nitrogen and oxygen atoms in total. The number of carbonyl (C=O) groups is 1. The van der Waals surface area contributed by atoms with Crippen molar-refractivity contribution in [3.05, 3.63) is 63.2 Å². The maximum Gasteiger partial charge on any atom is 0.410 e. The van der Waals surface area contributed by atoms with Crippen LogP contribution in [0.2, 0.25) is 5.02 Å². The number of nitro groups is 1. The van der Waals surface area contributed by atoms with Gasteiger partial charge in [0.2, 0.25) is 0 Å². The van der Waals surface area contributed by atoms with E-state index in [0.29, 0.717) is 43.4 Å². The Hall–Kier alpha value is -3.00. The zero-order chi connectivity index (χ0) is 22.6. The molecule has 0 radical (unpaired) electrons. The Bertz CT molecular complexity index is 953. The number of nitrogens with one attached hydrogen (secondary N) is 1. The molecule has 0 saturated carbocycles. The summed E-state index contributed by atoms with van der Waals surface area (Å²) in [4.78, 5) is 27.1. The SMILES string of the molecule is CC(C)(C)OC(=O)N1CCN(c2cc(NCc3cccc(Cl)c3)ccc2[N+](=O)[O-])CC1. The van der Waals surface area contributed by atoms with E-state index in [4.69, 9.17) is 16.3 Å². The van der Waals surface area contributed by atoms with Crippen molar-refractivity contribution >= 4 is 34.8 Å². The molecule has 1 fully saturated rings. The molecule has 2 aromatic carbocycles. The summed E-state index contributed by atoms with van der Waals surface area (Å²) >= 11 is 6.03. The highest BCUT2D eigenvalue weighted by Crippen LogP contribution is 2.32. The largest absolute Gasteiger partial charge is 0.444 e. The predicted octanol–water partition coefficient (Wildman–Crippen LogP) is 4.92. The van der Waals surface area contributed by atoms with Crippen LogP contribution in [-0.4, -0.2) is 47.7 Å². The van der Waals surface area contributed by atoms with E-state index in [-0.39, 0.29) is 16.7 Å². The fourth-order valence-corrected chi connectivity index (χ4v) is 3.56. The molecule has 1 aliphatic heterocycles. The summed E-state index contributed by atoms with van der Waals surface area (Å²) in [7, 11) is 0. The highest BCUT2D eigenvalue weighted by molar-refractivity contribution is 6.30. The smallest absolute Gasteiger partial charge is 0.410 e. The first-order valence-electron chi connectivity index (χ1n) is 10.1. The van der Waals surface area contributed by atoms with Crippen LogP contribution in [0.4, 0.5) is 21.9 Å². The number of nitrogens with zero attached hydrogens (tertiary/aromatic N) is 3. The van der Waals surface area contributed by atoms with E-state index in [1.54, 1.807) is 17.0 Å². The minimum Gasteiger partial charge on any atom is -0.444 e. The number of piperazine rings is 1. The summed E-state index contributed by atoms with van der Waals surface area (Å²) in [6.07, 6.45) is -0.362. The van der Waals surface area contributed by atoms with Crippen molar-refractivity contribution in [2.45, 2.75) is 32.9 Å². The van der Waals surface area contributed by atoms with Gasteiger partial charge in [-0.15, -0.1) is 0 Å². The van der Waals surface area contributed by atoms with Gasteiger partial charge in [0.25, 0.3) is 5.69 Å². The minimum atomic E-state index is -0.560. The van der Waals surface area contributed by atoms with E-state index < -0.39 is 5.60 Å². The highest BCUT2D eigenvalue weighted by atomic mass is 35.5.